The predicted molar refractivity (Wildman–Crippen MR) is 110 cm³/mol. The van der Waals surface area contributed by atoms with Gasteiger partial charge in [0, 0.05) is 12.1 Å². The Morgan fingerprint density at radius 1 is 1.24 bits per heavy atom. The molecule has 1 aromatic carbocycles. The number of nitrogens with zero attached hydrogens (tertiary/aromatic N) is 1. The van der Waals surface area contributed by atoms with Crippen molar-refractivity contribution in [3.05, 3.63) is 69.8 Å². The fourth-order valence-electron chi connectivity index (χ4n) is 4.43. The van der Waals surface area contributed by atoms with E-state index in [2.05, 4.69) is 11.9 Å². The van der Waals surface area contributed by atoms with Crippen LogP contribution in [0.1, 0.15) is 30.0 Å². The van der Waals surface area contributed by atoms with E-state index in [4.69, 9.17) is 16.3 Å². The summed E-state index contributed by atoms with van der Waals surface area (Å²) in [6.45, 7) is 5.74. The second kappa shape index (κ2) is 7.30. The molecule has 1 N–H and O–H groups in total. The monoisotopic (exact) mass is 413 g/mol. The fraction of sp³-hybridized carbons (Fsp3) is 0.304. The molecule has 0 aliphatic heterocycles. The van der Waals surface area contributed by atoms with Gasteiger partial charge in [-0.25, -0.2) is 9.37 Å². The van der Waals surface area contributed by atoms with Gasteiger partial charge in [-0.3, -0.25) is 4.79 Å². The van der Waals surface area contributed by atoms with Crippen molar-refractivity contribution in [3.8, 4) is 11.6 Å². The smallest absolute Gasteiger partial charge is 0.255 e. The lowest BCUT2D eigenvalue weighted by atomic mass is 9.78. The maximum Gasteiger partial charge on any atom is 0.255 e. The Bertz CT molecular complexity index is 1050. The SMILES string of the molecule is Cc1cc(Oc2ncc(Cl)cc2F)cc(C)c1C1=C(O)C2C(C)CC=CC2C1=O. The van der Waals surface area contributed by atoms with Crippen LogP contribution in [-0.2, 0) is 4.79 Å². The highest BCUT2D eigenvalue weighted by Crippen LogP contribution is 2.47. The molecule has 29 heavy (non-hydrogen) atoms. The number of ether oxygens (including phenoxy) is 1. The van der Waals surface area contributed by atoms with Crippen molar-refractivity contribution < 1.29 is 19.0 Å². The van der Waals surface area contributed by atoms with E-state index in [1.54, 1.807) is 12.1 Å². The summed E-state index contributed by atoms with van der Waals surface area (Å²) in [5.41, 5.74) is 2.62. The van der Waals surface area contributed by atoms with Crippen LogP contribution in [0, 0.1) is 37.4 Å². The lowest BCUT2D eigenvalue weighted by Gasteiger charge is -2.26. The molecule has 2 aliphatic rings. The van der Waals surface area contributed by atoms with Gasteiger partial charge in [0.15, 0.2) is 11.6 Å². The Balaban J connectivity index is 1.73. The third kappa shape index (κ3) is 3.33. The van der Waals surface area contributed by atoms with Gasteiger partial charge >= 0.3 is 0 Å². The standard InChI is InChI=1S/C23H21ClFNO3/c1-11-5-4-6-16-19(11)22(28)20(21(16)27)18-12(2)7-15(8-13(18)3)29-23-17(25)9-14(24)10-26-23/h4,6-11,16,19,28H,5H2,1-3H3. The summed E-state index contributed by atoms with van der Waals surface area (Å²) in [5.74, 6) is -0.608. The molecular formula is C23H21ClFNO3. The molecule has 1 aromatic heterocycles. The van der Waals surface area contributed by atoms with E-state index in [-0.39, 0.29) is 40.2 Å². The molecule has 2 aliphatic carbocycles. The van der Waals surface area contributed by atoms with Crippen molar-refractivity contribution in [1.82, 2.24) is 4.98 Å². The summed E-state index contributed by atoms with van der Waals surface area (Å²) in [6.07, 6.45) is 6.08. The number of ketones is 1. The topological polar surface area (TPSA) is 59.4 Å². The normalized spacial score (nSPS) is 23.5. The van der Waals surface area contributed by atoms with Crippen molar-refractivity contribution in [2.24, 2.45) is 17.8 Å². The highest BCUT2D eigenvalue weighted by molar-refractivity contribution is 6.30. The number of carbonyl (C=O) groups is 1. The van der Waals surface area contributed by atoms with Gasteiger partial charge in [0.25, 0.3) is 5.88 Å². The minimum Gasteiger partial charge on any atom is -0.511 e. The second-order valence-electron chi connectivity index (χ2n) is 7.79. The van der Waals surface area contributed by atoms with E-state index in [1.165, 1.54) is 6.20 Å². The zero-order chi connectivity index (χ0) is 20.9. The van der Waals surface area contributed by atoms with Crippen LogP contribution in [0.4, 0.5) is 4.39 Å². The van der Waals surface area contributed by atoms with Gasteiger partial charge in [-0.1, -0.05) is 30.7 Å². The maximum atomic E-state index is 14.0. The van der Waals surface area contributed by atoms with Crippen LogP contribution in [0.3, 0.4) is 0 Å². The molecule has 0 bridgehead atoms. The number of carbonyl (C=O) groups excluding carboxylic acids is 1. The fourth-order valence-corrected chi connectivity index (χ4v) is 4.57. The first kappa shape index (κ1) is 19.6. The Morgan fingerprint density at radius 3 is 2.55 bits per heavy atom. The van der Waals surface area contributed by atoms with E-state index in [9.17, 15) is 14.3 Å². The van der Waals surface area contributed by atoms with Crippen LogP contribution < -0.4 is 4.74 Å². The molecule has 0 saturated heterocycles. The average Bonchev–Trinajstić information content (AvgIpc) is 2.90. The largest absolute Gasteiger partial charge is 0.511 e. The van der Waals surface area contributed by atoms with Gasteiger partial charge in [0.05, 0.1) is 16.5 Å². The minimum atomic E-state index is -0.659. The quantitative estimate of drug-likeness (QED) is 0.630. The van der Waals surface area contributed by atoms with Crippen LogP contribution in [0.25, 0.3) is 5.57 Å². The number of halogens is 2. The molecule has 2 aromatic rings. The number of allylic oxidation sites excluding steroid dienone is 4. The second-order valence-corrected chi connectivity index (χ2v) is 8.23. The molecule has 0 amide bonds. The molecule has 0 saturated carbocycles. The average molecular weight is 414 g/mol. The van der Waals surface area contributed by atoms with Crippen LogP contribution >= 0.6 is 11.6 Å². The maximum absolute atomic E-state index is 14.0. The van der Waals surface area contributed by atoms with Crippen molar-refractivity contribution in [2.45, 2.75) is 27.2 Å². The molecular weight excluding hydrogens is 393 g/mol. The van der Waals surface area contributed by atoms with E-state index < -0.39 is 5.82 Å². The molecule has 150 valence electrons. The number of aliphatic hydroxyl groups excluding tert-OH is 1. The van der Waals surface area contributed by atoms with Gasteiger partial charge < -0.3 is 9.84 Å². The number of rotatable bonds is 3. The van der Waals surface area contributed by atoms with Gasteiger partial charge in [0.1, 0.15) is 11.5 Å². The van der Waals surface area contributed by atoms with Crippen LogP contribution in [0.15, 0.2) is 42.3 Å². The molecule has 3 unspecified atom stereocenters. The highest BCUT2D eigenvalue weighted by Gasteiger charge is 2.45. The van der Waals surface area contributed by atoms with Crippen LogP contribution in [0.5, 0.6) is 11.6 Å². The van der Waals surface area contributed by atoms with E-state index in [0.717, 1.165) is 23.6 Å². The Labute approximate surface area is 173 Å². The number of aryl methyl sites for hydroxylation is 2. The lowest BCUT2D eigenvalue weighted by Crippen LogP contribution is -2.24. The molecule has 1 heterocycles. The first-order valence-corrected chi connectivity index (χ1v) is 9.90. The first-order chi connectivity index (χ1) is 13.8. The number of Topliss-reactive ketones (excluding diaryl/α,β-unsaturated/α-hetero) is 1. The summed E-state index contributed by atoms with van der Waals surface area (Å²) in [7, 11) is 0. The molecule has 3 atom stereocenters. The summed E-state index contributed by atoms with van der Waals surface area (Å²) < 4.78 is 19.6. The summed E-state index contributed by atoms with van der Waals surface area (Å²) in [6, 6.07) is 4.56. The highest BCUT2D eigenvalue weighted by atomic mass is 35.5. The number of aromatic nitrogens is 1. The minimum absolute atomic E-state index is 0.0550. The van der Waals surface area contributed by atoms with Crippen LogP contribution in [0.2, 0.25) is 5.02 Å². The Hall–Kier alpha value is -2.66. The van der Waals surface area contributed by atoms with E-state index in [0.29, 0.717) is 16.9 Å². The lowest BCUT2D eigenvalue weighted by molar-refractivity contribution is -0.116. The zero-order valence-corrected chi connectivity index (χ0v) is 17.1. The van der Waals surface area contributed by atoms with Crippen molar-refractivity contribution in [1.29, 1.82) is 0 Å². The van der Waals surface area contributed by atoms with E-state index in [1.807, 2.05) is 26.0 Å². The van der Waals surface area contributed by atoms with E-state index >= 15 is 0 Å². The summed E-state index contributed by atoms with van der Waals surface area (Å²) in [4.78, 5) is 17.0. The van der Waals surface area contributed by atoms with Gasteiger partial charge in [-0.05, 0) is 61.1 Å². The molecule has 0 radical (unpaired) electrons. The third-order valence-corrected chi connectivity index (χ3v) is 5.92. The number of pyridine rings is 1. The van der Waals surface area contributed by atoms with Gasteiger partial charge in [-0.15, -0.1) is 0 Å². The number of fused-ring (bicyclic) bond motifs is 1. The molecule has 4 nitrogen and oxygen atoms in total. The Kier molecular flexibility index (Phi) is 4.95. The number of hydrogen-bond acceptors (Lipinski definition) is 4. The van der Waals surface area contributed by atoms with Crippen LogP contribution in [-0.4, -0.2) is 15.9 Å². The van der Waals surface area contributed by atoms with Gasteiger partial charge in [-0.2, -0.15) is 0 Å². The predicted octanol–water partition coefficient (Wildman–Crippen LogP) is 5.96. The molecule has 0 fully saturated rings. The molecule has 4 rings (SSSR count). The third-order valence-electron chi connectivity index (χ3n) is 5.72. The number of benzene rings is 1. The molecule has 6 heteroatoms. The van der Waals surface area contributed by atoms with Crippen molar-refractivity contribution in [2.75, 3.05) is 0 Å². The molecule has 0 spiro atoms. The Morgan fingerprint density at radius 2 is 1.93 bits per heavy atom. The zero-order valence-electron chi connectivity index (χ0n) is 16.4. The summed E-state index contributed by atoms with van der Waals surface area (Å²) in [5, 5.41) is 11.1. The number of hydrogen-bond donors (Lipinski definition) is 1. The summed E-state index contributed by atoms with van der Waals surface area (Å²) >= 11 is 5.73. The van der Waals surface area contributed by atoms with Crippen molar-refractivity contribution in [3.63, 3.8) is 0 Å². The van der Waals surface area contributed by atoms with Gasteiger partial charge in [0.2, 0.25) is 0 Å². The van der Waals surface area contributed by atoms with Crippen molar-refractivity contribution >= 4 is 23.0 Å². The first-order valence-electron chi connectivity index (χ1n) is 9.52. The number of aliphatic hydroxyl groups is 1.